The van der Waals surface area contributed by atoms with Crippen molar-refractivity contribution in [1.82, 2.24) is 10.6 Å². The third-order valence-electron chi connectivity index (χ3n) is 2.48. The lowest BCUT2D eigenvalue weighted by Crippen LogP contribution is -2.42. The van der Waals surface area contributed by atoms with E-state index in [1.807, 2.05) is 24.3 Å². The van der Waals surface area contributed by atoms with Gasteiger partial charge in [-0.1, -0.05) is 12.1 Å². The molecule has 1 saturated heterocycles. The molecule has 80 valence electrons. The number of halogens is 1. The quantitative estimate of drug-likeness (QED) is 0.753. The molecule has 0 aromatic heterocycles. The fourth-order valence-electron chi connectivity index (χ4n) is 1.68. The summed E-state index contributed by atoms with van der Waals surface area (Å²) < 4.78 is 0. The lowest BCUT2D eigenvalue weighted by molar-refractivity contribution is 0.430. The molecule has 0 aliphatic carbocycles. The SMILES string of the molecule is Cl.N#Cc1ccc([C@@H]2CNCCN2)cc1. The second kappa shape index (κ2) is 5.72. The van der Waals surface area contributed by atoms with E-state index in [-0.39, 0.29) is 12.4 Å². The van der Waals surface area contributed by atoms with Gasteiger partial charge in [0.05, 0.1) is 11.6 Å². The molecule has 1 heterocycles. The van der Waals surface area contributed by atoms with E-state index in [4.69, 9.17) is 5.26 Å². The van der Waals surface area contributed by atoms with Gasteiger partial charge in [0.1, 0.15) is 0 Å². The molecule has 1 aromatic rings. The minimum absolute atomic E-state index is 0. The summed E-state index contributed by atoms with van der Waals surface area (Å²) in [5.41, 5.74) is 1.97. The number of nitrogens with zero attached hydrogens (tertiary/aromatic N) is 1. The Morgan fingerprint density at radius 2 is 1.93 bits per heavy atom. The monoisotopic (exact) mass is 223 g/mol. The number of benzene rings is 1. The highest BCUT2D eigenvalue weighted by molar-refractivity contribution is 5.85. The Morgan fingerprint density at radius 1 is 1.20 bits per heavy atom. The summed E-state index contributed by atoms with van der Waals surface area (Å²) in [6.07, 6.45) is 0. The summed E-state index contributed by atoms with van der Waals surface area (Å²) in [5, 5.41) is 15.4. The highest BCUT2D eigenvalue weighted by Crippen LogP contribution is 2.14. The minimum Gasteiger partial charge on any atom is -0.314 e. The van der Waals surface area contributed by atoms with Crippen LogP contribution < -0.4 is 10.6 Å². The molecule has 2 N–H and O–H groups in total. The summed E-state index contributed by atoms with van der Waals surface area (Å²) in [4.78, 5) is 0. The second-order valence-corrected chi connectivity index (χ2v) is 3.44. The minimum atomic E-state index is 0. The van der Waals surface area contributed by atoms with Gasteiger partial charge in [-0.15, -0.1) is 12.4 Å². The maximum Gasteiger partial charge on any atom is 0.0991 e. The van der Waals surface area contributed by atoms with Gasteiger partial charge in [-0.3, -0.25) is 0 Å². The van der Waals surface area contributed by atoms with E-state index in [9.17, 15) is 0 Å². The Balaban J connectivity index is 0.00000112. The van der Waals surface area contributed by atoms with E-state index in [1.165, 1.54) is 5.56 Å². The number of piperazine rings is 1. The number of nitriles is 1. The fourth-order valence-corrected chi connectivity index (χ4v) is 1.68. The Labute approximate surface area is 95.9 Å². The Hall–Kier alpha value is -1.08. The molecule has 1 aliphatic rings. The predicted octanol–water partition coefficient (Wildman–Crippen LogP) is 1.21. The zero-order valence-electron chi connectivity index (χ0n) is 8.36. The molecular weight excluding hydrogens is 210 g/mol. The first-order chi connectivity index (χ1) is 6.90. The van der Waals surface area contributed by atoms with Gasteiger partial charge in [0, 0.05) is 25.7 Å². The van der Waals surface area contributed by atoms with Crippen molar-refractivity contribution in [2.75, 3.05) is 19.6 Å². The standard InChI is InChI=1S/C11H13N3.ClH/c12-7-9-1-3-10(4-2-9)11-8-13-5-6-14-11;/h1-4,11,13-14H,5-6,8H2;1H/t11-;/m0./s1. The summed E-state index contributed by atoms with van der Waals surface area (Å²) in [6, 6.07) is 10.3. The summed E-state index contributed by atoms with van der Waals surface area (Å²) >= 11 is 0. The van der Waals surface area contributed by atoms with Crippen molar-refractivity contribution in [3.63, 3.8) is 0 Å². The van der Waals surface area contributed by atoms with Crippen molar-refractivity contribution in [3.8, 4) is 6.07 Å². The largest absolute Gasteiger partial charge is 0.314 e. The van der Waals surface area contributed by atoms with Crippen LogP contribution in [0.3, 0.4) is 0 Å². The summed E-state index contributed by atoms with van der Waals surface area (Å²) in [5.74, 6) is 0. The predicted molar refractivity (Wildman–Crippen MR) is 62.0 cm³/mol. The fraction of sp³-hybridized carbons (Fsp3) is 0.364. The van der Waals surface area contributed by atoms with Crippen LogP contribution in [0.5, 0.6) is 0 Å². The van der Waals surface area contributed by atoms with Gasteiger partial charge in [-0.2, -0.15) is 5.26 Å². The topological polar surface area (TPSA) is 47.9 Å². The average Bonchev–Trinajstić information content (AvgIpc) is 2.30. The second-order valence-electron chi connectivity index (χ2n) is 3.44. The van der Waals surface area contributed by atoms with E-state index in [0.717, 1.165) is 25.2 Å². The van der Waals surface area contributed by atoms with Gasteiger partial charge < -0.3 is 10.6 Å². The molecule has 15 heavy (non-hydrogen) atoms. The van der Waals surface area contributed by atoms with Gasteiger partial charge >= 0.3 is 0 Å². The van der Waals surface area contributed by atoms with Crippen LogP contribution in [-0.4, -0.2) is 19.6 Å². The van der Waals surface area contributed by atoms with Gasteiger partial charge in [0.25, 0.3) is 0 Å². The molecule has 1 fully saturated rings. The van der Waals surface area contributed by atoms with Crippen molar-refractivity contribution in [2.24, 2.45) is 0 Å². The zero-order chi connectivity index (χ0) is 9.80. The average molecular weight is 224 g/mol. The Kier molecular flexibility index (Phi) is 4.57. The molecule has 3 nitrogen and oxygen atoms in total. The molecule has 1 aliphatic heterocycles. The molecule has 1 aromatic carbocycles. The van der Waals surface area contributed by atoms with Crippen molar-refractivity contribution in [3.05, 3.63) is 35.4 Å². The molecule has 1 atom stereocenters. The van der Waals surface area contributed by atoms with Crippen LogP contribution in [0.25, 0.3) is 0 Å². The molecule has 0 saturated carbocycles. The van der Waals surface area contributed by atoms with Gasteiger partial charge in [0.15, 0.2) is 0 Å². The normalized spacial score (nSPS) is 20.1. The van der Waals surface area contributed by atoms with E-state index in [0.29, 0.717) is 6.04 Å². The first-order valence-electron chi connectivity index (χ1n) is 4.84. The maximum atomic E-state index is 8.66. The molecule has 0 radical (unpaired) electrons. The zero-order valence-corrected chi connectivity index (χ0v) is 9.18. The number of hydrogen-bond acceptors (Lipinski definition) is 3. The molecule has 0 bridgehead atoms. The summed E-state index contributed by atoms with van der Waals surface area (Å²) in [6.45, 7) is 3.00. The number of rotatable bonds is 1. The van der Waals surface area contributed by atoms with Crippen LogP contribution in [0.1, 0.15) is 17.2 Å². The Bertz CT molecular complexity index is 336. The van der Waals surface area contributed by atoms with E-state index in [2.05, 4.69) is 16.7 Å². The van der Waals surface area contributed by atoms with Crippen molar-refractivity contribution in [2.45, 2.75) is 6.04 Å². The van der Waals surface area contributed by atoms with Crippen LogP contribution in [0.2, 0.25) is 0 Å². The highest BCUT2D eigenvalue weighted by atomic mass is 35.5. The lowest BCUT2D eigenvalue weighted by atomic mass is 10.0. The van der Waals surface area contributed by atoms with E-state index >= 15 is 0 Å². The summed E-state index contributed by atoms with van der Waals surface area (Å²) in [7, 11) is 0. The van der Waals surface area contributed by atoms with Crippen LogP contribution in [-0.2, 0) is 0 Å². The number of hydrogen-bond donors (Lipinski definition) is 2. The maximum absolute atomic E-state index is 8.66. The van der Waals surface area contributed by atoms with Gasteiger partial charge in [-0.05, 0) is 17.7 Å². The Morgan fingerprint density at radius 3 is 2.47 bits per heavy atom. The van der Waals surface area contributed by atoms with Crippen molar-refractivity contribution >= 4 is 12.4 Å². The first-order valence-corrected chi connectivity index (χ1v) is 4.84. The molecule has 2 rings (SSSR count). The van der Waals surface area contributed by atoms with Crippen LogP contribution in [0.15, 0.2) is 24.3 Å². The van der Waals surface area contributed by atoms with Gasteiger partial charge in [0.2, 0.25) is 0 Å². The van der Waals surface area contributed by atoms with Crippen LogP contribution in [0.4, 0.5) is 0 Å². The highest BCUT2D eigenvalue weighted by Gasteiger charge is 2.13. The first kappa shape index (κ1) is 12.0. The van der Waals surface area contributed by atoms with Crippen molar-refractivity contribution in [1.29, 1.82) is 5.26 Å². The van der Waals surface area contributed by atoms with Gasteiger partial charge in [-0.25, -0.2) is 0 Å². The van der Waals surface area contributed by atoms with Crippen LogP contribution >= 0.6 is 12.4 Å². The third kappa shape index (κ3) is 2.93. The smallest absolute Gasteiger partial charge is 0.0991 e. The van der Waals surface area contributed by atoms with Crippen LogP contribution in [0, 0.1) is 11.3 Å². The molecule has 4 heteroatoms. The lowest BCUT2D eigenvalue weighted by Gasteiger charge is -2.24. The number of nitrogens with one attached hydrogen (secondary N) is 2. The van der Waals surface area contributed by atoms with E-state index < -0.39 is 0 Å². The third-order valence-corrected chi connectivity index (χ3v) is 2.48. The molecule has 0 amide bonds. The molecule has 0 spiro atoms. The molecule has 0 unspecified atom stereocenters. The molecular formula is C11H14ClN3. The van der Waals surface area contributed by atoms with Crippen molar-refractivity contribution < 1.29 is 0 Å². The van der Waals surface area contributed by atoms with E-state index in [1.54, 1.807) is 0 Å².